The van der Waals surface area contributed by atoms with Crippen molar-refractivity contribution in [1.29, 1.82) is 0 Å². The van der Waals surface area contributed by atoms with Crippen LogP contribution in [0.3, 0.4) is 0 Å². The summed E-state index contributed by atoms with van der Waals surface area (Å²) in [4.78, 5) is 0. The van der Waals surface area contributed by atoms with Crippen LogP contribution < -0.4 is 5.32 Å². The van der Waals surface area contributed by atoms with Crippen molar-refractivity contribution in [1.82, 2.24) is 5.32 Å². The summed E-state index contributed by atoms with van der Waals surface area (Å²) in [6, 6.07) is 0. The topological polar surface area (TPSA) is 43.5 Å². The first-order chi connectivity index (χ1) is 6.30. The van der Waals surface area contributed by atoms with Gasteiger partial charge in [-0.3, -0.25) is 0 Å². The molecule has 0 spiro atoms. The summed E-state index contributed by atoms with van der Waals surface area (Å²) >= 11 is 0. The minimum atomic E-state index is 0. The van der Waals surface area contributed by atoms with Gasteiger partial charge in [-0.05, 0) is 62.8 Å². The van der Waals surface area contributed by atoms with E-state index >= 15 is 0 Å². The number of hydrogen-bond donors (Lipinski definition) is 1. The first-order valence-electron chi connectivity index (χ1n) is 6.05. The van der Waals surface area contributed by atoms with Gasteiger partial charge in [-0.1, -0.05) is 6.92 Å². The van der Waals surface area contributed by atoms with Crippen LogP contribution in [-0.4, -0.2) is 17.6 Å². The highest BCUT2D eigenvalue weighted by Crippen LogP contribution is 2.55. The lowest BCUT2D eigenvalue weighted by Crippen LogP contribution is -2.58. The monoisotopic (exact) mass is 197 g/mol. The summed E-state index contributed by atoms with van der Waals surface area (Å²) in [5.74, 6) is 3.26. The Hall–Kier alpha value is -0.0800. The Labute approximate surface area is 86.8 Å². The number of hydrogen-bond acceptors (Lipinski definition) is 1. The maximum absolute atomic E-state index is 3.79. The van der Waals surface area contributed by atoms with Crippen molar-refractivity contribution >= 4 is 0 Å². The molecule has 4 fully saturated rings. The van der Waals surface area contributed by atoms with Crippen molar-refractivity contribution in [2.45, 2.75) is 51.0 Å². The molecule has 0 amide bonds. The number of nitrogens with one attached hydrogen (secondary N) is 1. The van der Waals surface area contributed by atoms with Crippen LogP contribution in [0.1, 0.15) is 45.4 Å². The Morgan fingerprint density at radius 2 is 1.43 bits per heavy atom. The molecule has 0 atom stereocenters. The molecule has 4 bridgehead atoms. The highest BCUT2D eigenvalue weighted by Gasteiger charge is 2.50. The van der Waals surface area contributed by atoms with Crippen LogP contribution in [0.2, 0.25) is 0 Å². The Bertz CT molecular complexity index is 179. The molecule has 4 aliphatic carbocycles. The lowest BCUT2D eigenvalue weighted by Gasteiger charge is -2.57. The van der Waals surface area contributed by atoms with Crippen molar-refractivity contribution in [3.8, 4) is 0 Å². The van der Waals surface area contributed by atoms with Gasteiger partial charge in [0.25, 0.3) is 0 Å². The van der Waals surface area contributed by atoms with Crippen LogP contribution in [0.15, 0.2) is 0 Å². The fraction of sp³-hybridized carbons (Fsp3) is 1.00. The normalized spacial score (nSPS) is 49.1. The van der Waals surface area contributed by atoms with Gasteiger partial charge in [0.15, 0.2) is 0 Å². The van der Waals surface area contributed by atoms with Gasteiger partial charge >= 0.3 is 0 Å². The van der Waals surface area contributed by atoms with Crippen LogP contribution in [-0.2, 0) is 0 Å². The van der Waals surface area contributed by atoms with E-state index in [1.807, 2.05) is 0 Å². The smallest absolute Gasteiger partial charge is 0.0189 e. The fourth-order valence-corrected chi connectivity index (χ4v) is 4.70. The summed E-state index contributed by atoms with van der Waals surface area (Å²) < 4.78 is 0. The lowest BCUT2D eigenvalue weighted by molar-refractivity contribution is -0.0187. The van der Waals surface area contributed by atoms with E-state index < -0.39 is 0 Å². The second-order valence-electron chi connectivity index (χ2n) is 5.73. The molecule has 0 aromatic rings. The van der Waals surface area contributed by atoms with Crippen molar-refractivity contribution < 1.29 is 5.48 Å². The first-order valence-corrected chi connectivity index (χ1v) is 6.05. The summed E-state index contributed by atoms with van der Waals surface area (Å²) in [5.41, 5.74) is 0.601. The van der Waals surface area contributed by atoms with Gasteiger partial charge in [0.1, 0.15) is 0 Å². The second kappa shape index (κ2) is 3.49. The average Bonchev–Trinajstić information content (AvgIpc) is 2.00. The molecule has 0 saturated heterocycles. The van der Waals surface area contributed by atoms with Crippen LogP contribution in [0.25, 0.3) is 0 Å². The number of rotatable bonds is 2. The van der Waals surface area contributed by atoms with E-state index in [4.69, 9.17) is 0 Å². The van der Waals surface area contributed by atoms with Gasteiger partial charge in [-0.25, -0.2) is 0 Å². The third kappa shape index (κ3) is 1.49. The molecule has 14 heavy (non-hydrogen) atoms. The van der Waals surface area contributed by atoms with Gasteiger partial charge in [0, 0.05) is 5.54 Å². The van der Waals surface area contributed by atoms with Crippen LogP contribution in [0.5, 0.6) is 0 Å². The Morgan fingerprint density at radius 3 is 1.79 bits per heavy atom. The first kappa shape index (κ1) is 10.4. The minimum absolute atomic E-state index is 0. The quantitative estimate of drug-likeness (QED) is 0.720. The van der Waals surface area contributed by atoms with Gasteiger partial charge in [-0.2, -0.15) is 0 Å². The van der Waals surface area contributed by atoms with Crippen molar-refractivity contribution in [2.75, 3.05) is 6.54 Å². The molecule has 0 heterocycles. The molecule has 2 nitrogen and oxygen atoms in total. The fourth-order valence-electron chi connectivity index (χ4n) is 4.70. The van der Waals surface area contributed by atoms with E-state index in [1.54, 1.807) is 19.3 Å². The minimum Gasteiger partial charge on any atom is -0.412 e. The zero-order valence-corrected chi connectivity index (χ0v) is 9.18. The summed E-state index contributed by atoms with van der Waals surface area (Å²) in [6.07, 6.45) is 9.16. The zero-order chi connectivity index (χ0) is 8.89. The molecular weight excluding hydrogens is 174 g/mol. The zero-order valence-electron chi connectivity index (χ0n) is 9.18. The molecular formula is C12H23NO. The molecule has 4 aliphatic rings. The van der Waals surface area contributed by atoms with E-state index in [-0.39, 0.29) is 5.48 Å². The Morgan fingerprint density at radius 1 is 1.00 bits per heavy atom. The average molecular weight is 197 g/mol. The maximum atomic E-state index is 3.79. The van der Waals surface area contributed by atoms with Crippen LogP contribution in [0.4, 0.5) is 0 Å². The van der Waals surface area contributed by atoms with E-state index in [1.165, 1.54) is 25.8 Å². The molecule has 0 radical (unpaired) electrons. The predicted molar refractivity (Wildman–Crippen MR) is 58.2 cm³/mol. The maximum Gasteiger partial charge on any atom is 0.0189 e. The summed E-state index contributed by atoms with van der Waals surface area (Å²) in [5, 5.41) is 3.79. The van der Waals surface area contributed by atoms with Crippen LogP contribution in [0, 0.1) is 17.8 Å². The third-order valence-corrected chi connectivity index (χ3v) is 4.59. The molecule has 0 aromatic carbocycles. The summed E-state index contributed by atoms with van der Waals surface area (Å²) in [6.45, 7) is 3.44. The van der Waals surface area contributed by atoms with Gasteiger partial charge < -0.3 is 10.8 Å². The largest absolute Gasteiger partial charge is 0.412 e. The summed E-state index contributed by atoms with van der Waals surface area (Å²) in [7, 11) is 0. The van der Waals surface area contributed by atoms with E-state index in [9.17, 15) is 0 Å². The molecule has 82 valence electrons. The molecule has 4 rings (SSSR count). The Kier molecular flexibility index (Phi) is 2.61. The van der Waals surface area contributed by atoms with Crippen molar-refractivity contribution in [2.24, 2.45) is 17.8 Å². The van der Waals surface area contributed by atoms with Gasteiger partial charge in [-0.15, -0.1) is 0 Å². The highest BCUT2D eigenvalue weighted by atomic mass is 16.0. The molecule has 3 N–H and O–H groups in total. The molecule has 0 unspecified atom stereocenters. The van der Waals surface area contributed by atoms with E-state index in [0.29, 0.717) is 5.54 Å². The lowest BCUT2D eigenvalue weighted by atomic mass is 9.53. The SMILES string of the molecule is CCNC12CC3CC(CC(C3)C1)C2.O. The standard InChI is InChI=1S/C12H21N.H2O/c1-2-13-12-6-9-3-10(7-12)5-11(4-9)8-12;/h9-11,13H,2-8H2,1H3;1H2. The van der Waals surface area contributed by atoms with Gasteiger partial charge in [0.2, 0.25) is 0 Å². The molecule has 4 saturated carbocycles. The van der Waals surface area contributed by atoms with Gasteiger partial charge in [0.05, 0.1) is 0 Å². The van der Waals surface area contributed by atoms with Crippen LogP contribution >= 0.6 is 0 Å². The van der Waals surface area contributed by atoms with Crippen molar-refractivity contribution in [3.05, 3.63) is 0 Å². The van der Waals surface area contributed by atoms with Crippen molar-refractivity contribution in [3.63, 3.8) is 0 Å². The predicted octanol–water partition coefficient (Wildman–Crippen LogP) is 1.74. The highest BCUT2D eigenvalue weighted by molar-refractivity contribution is 5.06. The molecule has 0 aromatic heterocycles. The molecule has 0 aliphatic heterocycles. The Balaban J connectivity index is 0.000000750. The van der Waals surface area contributed by atoms with E-state index in [2.05, 4.69) is 12.2 Å². The van der Waals surface area contributed by atoms with E-state index in [0.717, 1.165) is 17.8 Å². The molecule has 2 heteroatoms. The second-order valence-corrected chi connectivity index (χ2v) is 5.73. The third-order valence-electron chi connectivity index (χ3n) is 4.59.